The van der Waals surface area contributed by atoms with Crippen molar-refractivity contribution in [3.05, 3.63) is 52.3 Å². The van der Waals surface area contributed by atoms with Crippen molar-refractivity contribution in [2.45, 2.75) is 57.0 Å². The van der Waals surface area contributed by atoms with Crippen LogP contribution in [0.3, 0.4) is 0 Å². The molecule has 2 N–H and O–H groups in total. The topological polar surface area (TPSA) is 96.6 Å². The SMILES string of the molecule is O=C(Nc1ccc(=O)n2c1[C@H]1C[C@@H](CN(C(=O)NC3CCCCC3)C1)C2)c1ccco1. The first-order valence-electron chi connectivity index (χ1n) is 11.2. The minimum Gasteiger partial charge on any atom is -0.459 e. The third-order valence-corrected chi connectivity index (χ3v) is 6.80. The molecule has 1 aliphatic carbocycles. The maximum Gasteiger partial charge on any atom is 0.317 e. The summed E-state index contributed by atoms with van der Waals surface area (Å²) in [7, 11) is 0. The lowest BCUT2D eigenvalue weighted by atomic mass is 9.82. The Hall–Kier alpha value is -3.03. The number of aromatic nitrogens is 1. The normalized spacial score (nSPS) is 23.2. The largest absolute Gasteiger partial charge is 0.459 e. The van der Waals surface area contributed by atoms with E-state index in [9.17, 15) is 14.4 Å². The number of carbonyl (C=O) groups is 2. The Kier molecular flexibility index (Phi) is 5.29. The van der Waals surface area contributed by atoms with Gasteiger partial charge in [0.2, 0.25) is 0 Å². The maximum absolute atomic E-state index is 13.0. The van der Waals surface area contributed by atoms with Gasteiger partial charge in [-0.25, -0.2) is 4.79 Å². The minimum absolute atomic E-state index is 0.00501. The van der Waals surface area contributed by atoms with Crippen LogP contribution in [0.4, 0.5) is 10.5 Å². The second kappa shape index (κ2) is 8.24. The van der Waals surface area contributed by atoms with Gasteiger partial charge in [-0.05, 0) is 43.4 Å². The Morgan fingerprint density at radius 1 is 1.03 bits per heavy atom. The quantitative estimate of drug-likeness (QED) is 0.791. The number of carbonyl (C=O) groups excluding carboxylic acids is 2. The summed E-state index contributed by atoms with van der Waals surface area (Å²) in [4.78, 5) is 40.0. The molecule has 1 saturated heterocycles. The first-order valence-corrected chi connectivity index (χ1v) is 11.2. The van der Waals surface area contributed by atoms with Crippen molar-refractivity contribution in [1.29, 1.82) is 0 Å². The molecule has 0 aromatic carbocycles. The number of urea groups is 1. The Balaban J connectivity index is 1.37. The van der Waals surface area contributed by atoms with Crippen LogP contribution >= 0.6 is 0 Å². The number of furan rings is 1. The molecule has 2 aromatic rings. The molecule has 3 aliphatic rings. The van der Waals surface area contributed by atoms with E-state index in [2.05, 4.69) is 10.6 Å². The first-order chi connectivity index (χ1) is 15.1. The van der Waals surface area contributed by atoms with Crippen molar-refractivity contribution in [1.82, 2.24) is 14.8 Å². The Morgan fingerprint density at radius 2 is 1.87 bits per heavy atom. The number of anilines is 1. The molecule has 0 unspecified atom stereocenters. The van der Waals surface area contributed by atoms with Crippen LogP contribution in [0.15, 0.2) is 39.7 Å². The second-order valence-corrected chi connectivity index (χ2v) is 9.00. The third-order valence-electron chi connectivity index (χ3n) is 6.80. The maximum atomic E-state index is 13.0. The fraction of sp³-hybridized carbons (Fsp3) is 0.522. The van der Waals surface area contributed by atoms with Gasteiger partial charge in [-0.15, -0.1) is 0 Å². The summed E-state index contributed by atoms with van der Waals surface area (Å²) in [5.74, 6) is 0.106. The van der Waals surface area contributed by atoms with Crippen molar-refractivity contribution in [3.8, 4) is 0 Å². The van der Waals surface area contributed by atoms with E-state index < -0.39 is 0 Å². The number of piperidine rings is 1. The molecule has 31 heavy (non-hydrogen) atoms. The van der Waals surface area contributed by atoms with Gasteiger partial charge in [0.05, 0.1) is 12.0 Å². The van der Waals surface area contributed by atoms with Crippen molar-refractivity contribution < 1.29 is 14.0 Å². The van der Waals surface area contributed by atoms with E-state index in [0.29, 0.717) is 25.3 Å². The highest BCUT2D eigenvalue weighted by molar-refractivity contribution is 6.02. The number of fused-ring (bicyclic) bond motifs is 4. The zero-order chi connectivity index (χ0) is 21.4. The summed E-state index contributed by atoms with van der Waals surface area (Å²) in [5.41, 5.74) is 1.35. The van der Waals surface area contributed by atoms with E-state index in [0.717, 1.165) is 25.0 Å². The zero-order valence-corrected chi connectivity index (χ0v) is 17.5. The standard InChI is InChI=1S/C23H28N4O4/c28-20-9-8-18(25-22(29)19-7-4-10-31-19)21-16-11-15(13-27(20)21)12-26(14-16)23(30)24-17-5-2-1-3-6-17/h4,7-10,15-17H,1-3,5-6,11-14H2,(H,24,30)(H,25,29)/t15-,16-/m0/s1. The molecule has 4 heterocycles. The van der Waals surface area contributed by atoms with E-state index in [1.54, 1.807) is 22.8 Å². The molecule has 8 nitrogen and oxygen atoms in total. The molecule has 2 aliphatic heterocycles. The van der Waals surface area contributed by atoms with E-state index in [1.165, 1.54) is 31.6 Å². The highest BCUT2D eigenvalue weighted by Gasteiger charge is 2.38. The second-order valence-electron chi connectivity index (χ2n) is 9.00. The summed E-state index contributed by atoms with van der Waals surface area (Å²) in [6.45, 7) is 1.76. The van der Waals surface area contributed by atoms with Crippen molar-refractivity contribution in [2.24, 2.45) is 5.92 Å². The highest BCUT2D eigenvalue weighted by Crippen LogP contribution is 2.38. The number of nitrogens with zero attached hydrogens (tertiary/aromatic N) is 2. The van der Waals surface area contributed by atoms with Crippen LogP contribution in [-0.2, 0) is 6.54 Å². The zero-order valence-electron chi connectivity index (χ0n) is 17.5. The van der Waals surface area contributed by atoms with Crippen molar-refractivity contribution in [2.75, 3.05) is 18.4 Å². The third kappa shape index (κ3) is 3.98. The van der Waals surface area contributed by atoms with Crippen LogP contribution < -0.4 is 16.2 Å². The minimum atomic E-state index is -0.351. The van der Waals surface area contributed by atoms with E-state index in [-0.39, 0.29) is 41.1 Å². The molecule has 2 atom stereocenters. The number of pyridine rings is 1. The van der Waals surface area contributed by atoms with Gasteiger partial charge < -0.3 is 24.5 Å². The summed E-state index contributed by atoms with van der Waals surface area (Å²) in [6.07, 6.45) is 8.05. The fourth-order valence-corrected chi connectivity index (χ4v) is 5.39. The molecule has 3 amide bonds. The molecular formula is C23H28N4O4. The Labute approximate surface area is 180 Å². The molecule has 1 saturated carbocycles. The molecule has 164 valence electrons. The van der Waals surface area contributed by atoms with Gasteiger partial charge in [0.15, 0.2) is 5.76 Å². The summed E-state index contributed by atoms with van der Waals surface area (Å²) in [6, 6.07) is 6.68. The van der Waals surface area contributed by atoms with Gasteiger partial charge in [-0.1, -0.05) is 19.3 Å². The number of likely N-dealkylation sites (tertiary alicyclic amines) is 1. The number of amides is 3. The molecule has 2 fully saturated rings. The van der Waals surface area contributed by atoms with Crippen LogP contribution in [0.2, 0.25) is 0 Å². The highest BCUT2D eigenvalue weighted by atomic mass is 16.3. The average molecular weight is 425 g/mol. The van der Waals surface area contributed by atoms with Crippen molar-refractivity contribution in [3.63, 3.8) is 0 Å². The molecule has 5 rings (SSSR count). The van der Waals surface area contributed by atoms with Crippen molar-refractivity contribution >= 4 is 17.6 Å². The molecule has 2 aromatic heterocycles. The lowest BCUT2D eigenvalue weighted by molar-refractivity contribution is 0.0995. The molecule has 0 spiro atoms. The van der Waals surface area contributed by atoms with Gasteiger partial charge in [-0.3, -0.25) is 9.59 Å². The number of rotatable bonds is 3. The molecular weight excluding hydrogens is 396 g/mol. The number of hydrogen-bond donors (Lipinski definition) is 2. The lowest BCUT2D eigenvalue weighted by Gasteiger charge is -2.43. The lowest BCUT2D eigenvalue weighted by Crippen LogP contribution is -2.53. The summed E-state index contributed by atoms with van der Waals surface area (Å²) >= 11 is 0. The Morgan fingerprint density at radius 3 is 2.65 bits per heavy atom. The fourth-order valence-electron chi connectivity index (χ4n) is 5.39. The van der Waals surface area contributed by atoms with Gasteiger partial charge in [0, 0.05) is 43.4 Å². The number of hydrogen-bond acceptors (Lipinski definition) is 4. The van der Waals surface area contributed by atoms with Crippen LogP contribution in [0.5, 0.6) is 0 Å². The number of nitrogens with one attached hydrogen (secondary N) is 2. The molecule has 8 heteroatoms. The Bertz CT molecular complexity index is 1020. The van der Waals surface area contributed by atoms with Gasteiger partial charge >= 0.3 is 6.03 Å². The van der Waals surface area contributed by atoms with Gasteiger partial charge in [0.1, 0.15) is 0 Å². The van der Waals surface area contributed by atoms with Crippen LogP contribution in [0.1, 0.15) is 60.7 Å². The monoisotopic (exact) mass is 424 g/mol. The van der Waals surface area contributed by atoms with Crippen LogP contribution in [0, 0.1) is 5.92 Å². The van der Waals surface area contributed by atoms with Crippen LogP contribution in [0.25, 0.3) is 0 Å². The predicted molar refractivity (Wildman–Crippen MR) is 115 cm³/mol. The molecule has 2 bridgehead atoms. The smallest absolute Gasteiger partial charge is 0.317 e. The predicted octanol–water partition coefficient (Wildman–Crippen LogP) is 3.16. The summed E-state index contributed by atoms with van der Waals surface area (Å²) < 4.78 is 6.97. The first kappa shape index (κ1) is 19.9. The van der Waals surface area contributed by atoms with E-state index in [1.807, 2.05) is 4.90 Å². The van der Waals surface area contributed by atoms with Gasteiger partial charge in [-0.2, -0.15) is 0 Å². The summed E-state index contributed by atoms with van der Waals surface area (Å²) in [5, 5.41) is 6.12. The molecule has 0 radical (unpaired) electrons. The van der Waals surface area contributed by atoms with E-state index in [4.69, 9.17) is 4.42 Å². The van der Waals surface area contributed by atoms with Gasteiger partial charge in [0.25, 0.3) is 11.5 Å². The van der Waals surface area contributed by atoms with E-state index >= 15 is 0 Å². The van der Waals surface area contributed by atoms with Crippen LogP contribution in [-0.4, -0.2) is 40.5 Å². The average Bonchev–Trinajstić information content (AvgIpc) is 3.31.